The quantitative estimate of drug-likeness (QED) is 0.788. The third-order valence-corrected chi connectivity index (χ3v) is 3.72. The number of hydrogen-bond donors (Lipinski definition) is 2. The van der Waals surface area contributed by atoms with Crippen LogP contribution in [0.2, 0.25) is 0 Å². The molecule has 0 saturated heterocycles. The fourth-order valence-electron chi connectivity index (χ4n) is 2.24. The molecule has 0 spiro atoms. The molecule has 0 radical (unpaired) electrons. The molecule has 0 aliphatic heterocycles. The second-order valence-electron chi connectivity index (χ2n) is 5.41. The number of hydrogen-bond acceptors (Lipinski definition) is 4. The van der Waals surface area contributed by atoms with E-state index in [4.69, 9.17) is 9.52 Å². The third-order valence-electron chi connectivity index (χ3n) is 3.72. The summed E-state index contributed by atoms with van der Waals surface area (Å²) in [5, 5.41) is 12.2. The Hall–Kier alpha value is -1.33. The van der Waals surface area contributed by atoms with Crippen LogP contribution >= 0.6 is 0 Å². The molecule has 1 atom stereocenters. The molecule has 1 fully saturated rings. The zero-order valence-electron chi connectivity index (χ0n) is 11.8. The van der Waals surface area contributed by atoms with Gasteiger partial charge >= 0.3 is 5.97 Å². The lowest BCUT2D eigenvalue weighted by molar-refractivity contribution is 0.0659. The molecule has 106 valence electrons. The predicted octanol–water partition coefficient (Wildman–Crippen LogP) is 1.86. The number of rotatable bonds is 7. The summed E-state index contributed by atoms with van der Waals surface area (Å²) in [5.41, 5.74) is 0.674. The molecule has 2 rings (SSSR count). The SMILES string of the molecule is Cc1cc(CNCC(C)N(C)C2CC2)oc1C(=O)O. The van der Waals surface area contributed by atoms with Gasteiger partial charge in [-0.15, -0.1) is 0 Å². The monoisotopic (exact) mass is 266 g/mol. The number of nitrogens with zero attached hydrogens (tertiary/aromatic N) is 1. The van der Waals surface area contributed by atoms with Crippen molar-refractivity contribution in [2.75, 3.05) is 13.6 Å². The highest BCUT2D eigenvalue weighted by molar-refractivity contribution is 5.86. The van der Waals surface area contributed by atoms with Crippen molar-refractivity contribution in [2.45, 2.75) is 45.3 Å². The average molecular weight is 266 g/mol. The molecule has 5 nitrogen and oxygen atoms in total. The summed E-state index contributed by atoms with van der Waals surface area (Å²) in [5.74, 6) is -0.290. The van der Waals surface area contributed by atoms with Crippen LogP contribution in [0.4, 0.5) is 0 Å². The zero-order valence-corrected chi connectivity index (χ0v) is 11.8. The first kappa shape index (κ1) is 14.1. The van der Waals surface area contributed by atoms with Gasteiger partial charge in [-0.25, -0.2) is 4.79 Å². The number of nitrogens with one attached hydrogen (secondary N) is 1. The van der Waals surface area contributed by atoms with E-state index in [0.717, 1.165) is 12.6 Å². The lowest BCUT2D eigenvalue weighted by Crippen LogP contribution is -2.38. The third kappa shape index (κ3) is 3.58. The fourth-order valence-corrected chi connectivity index (χ4v) is 2.24. The maximum atomic E-state index is 10.9. The van der Waals surface area contributed by atoms with Gasteiger partial charge in [0, 0.05) is 24.2 Å². The number of aryl methyl sites for hydroxylation is 1. The number of aromatic carboxylic acids is 1. The first-order valence-electron chi connectivity index (χ1n) is 6.74. The summed E-state index contributed by atoms with van der Waals surface area (Å²) in [6.07, 6.45) is 2.61. The normalized spacial score (nSPS) is 16.8. The summed E-state index contributed by atoms with van der Waals surface area (Å²) in [4.78, 5) is 13.3. The highest BCUT2D eigenvalue weighted by atomic mass is 16.4. The van der Waals surface area contributed by atoms with E-state index in [0.29, 0.717) is 23.9 Å². The van der Waals surface area contributed by atoms with Gasteiger partial charge in [-0.1, -0.05) is 0 Å². The molecular weight excluding hydrogens is 244 g/mol. The largest absolute Gasteiger partial charge is 0.475 e. The smallest absolute Gasteiger partial charge is 0.372 e. The maximum Gasteiger partial charge on any atom is 0.372 e. The van der Waals surface area contributed by atoms with Gasteiger partial charge in [0.05, 0.1) is 6.54 Å². The number of furan rings is 1. The Morgan fingerprint density at radius 1 is 1.63 bits per heavy atom. The number of carboxylic acids is 1. The molecule has 0 bridgehead atoms. The Bertz CT molecular complexity index is 452. The highest BCUT2D eigenvalue weighted by Gasteiger charge is 2.28. The summed E-state index contributed by atoms with van der Waals surface area (Å²) in [6, 6.07) is 3.01. The van der Waals surface area contributed by atoms with Crippen LogP contribution in [0.15, 0.2) is 10.5 Å². The molecule has 5 heteroatoms. The molecule has 1 saturated carbocycles. The van der Waals surface area contributed by atoms with Crippen molar-refractivity contribution < 1.29 is 14.3 Å². The van der Waals surface area contributed by atoms with E-state index in [-0.39, 0.29) is 5.76 Å². The van der Waals surface area contributed by atoms with E-state index in [1.54, 1.807) is 13.0 Å². The standard InChI is InChI=1S/C14H22N2O3/c1-9-6-12(19-13(9)14(17)18)8-15-7-10(2)16(3)11-4-5-11/h6,10-11,15H,4-5,7-8H2,1-3H3,(H,17,18). The van der Waals surface area contributed by atoms with Crippen LogP contribution in [0.3, 0.4) is 0 Å². The van der Waals surface area contributed by atoms with E-state index in [9.17, 15) is 4.79 Å². The van der Waals surface area contributed by atoms with Gasteiger partial charge in [0.1, 0.15) is 5.76 Å². The van der Waals surface area contributed by atoms with Crippen molar-refractivity contribution in [3.05, 3.63) is 23.2 Å². The number of carbonyl (C=O) groups is 1. The van der Waals surface area contributed by atoms with E-state index in [1.807, 2.05) is 0 Å². The van der Waals surface area contributed by atoms with Crippen LogP contribution in [0.25, 0.3) is 0 Å². The second-order valence-corrected chi connectivity index (χ2v) is 5.41. The van der Waals surface area contributed by atoms with E-state index >= 15 is 0 Å². The van der Waals surface area contributed by atoms with Crippen LogP contribution < -0.4 is 5.32 Å². The van der Waals surface area contributed by atoms with Gasteiger partial charge in [0.2, 0.25) is 5.76 Å². The average Bonchev–Trinajstić information content (AvgIpc) is 3.12. The molecule has 1 heterocycles. The van der Waals surface area contributed by atoms with Crippen LogP contribution in [0.1, 0.15) is 41.6 Å². The molecule has 1 aliphatic carbocycles. The van der Waals surface area contributed by atoms with Crippen molar-refractivity contribution in [1.82, 2.24) is 10.2 Å². The number of likely N-dealkylation sites (N-methyl/N-ethyl adjacent to an activating group) is 1. The first-order valence-corrected chi connectivity index (χ1v) is 6.74. The van der Waals surface area contributed by atoms with Crippen molar-refractivity contribution in [3.63, 3.8) is 0 Å². The fraction of sp³-hybridized carbons (Fsp3) is 0.643. The molecule has 1 aromatic heterocycles. The summed E-state index contributed by atoms with van der Waals surface area (Å²) in [6.45, 7) is 5.38. The van der Waals surface area contributed by atoms with Gasteiger partial charge in [-0.05, 0) is 39.8 Å². The lowest BCUT2D eigenvalue weighted by atomic mass is 10.2. The summed E-state index contributed by atoms with van der Waals surface area (Å²) in [7, 11) is 2.16. The minimum Gasteiger partial charge on any atom is -0.475 e. The van der Waals surface area contributed by atoms with Crippen molar-refractivity contribution in [1.29, 1.82) is 0 Å². The molecule has 1 aliphatic rings. The van der Waals surface area contributed by atoms with Gasteiger partial charge < -0.3 is 14.8 Å². The molecule has 0 amide bonds. The van der Waals surface area contributed by atoms with E-state index in [1.165, 1.54) is 12.8 Å². The van der Waals surface area contributed by atoms with E-state index < -0.39 is 5.97 Å². The van der Waals surface area contributed by atoms with Crippen molar-refractivity contribution in [2.24, 2.45) is 0 Å². The Morgan fingerprint density at radius 2 is 2.32 bits per heavy atom. The van der Waals surface area contributed by atoms with Gasteiger partial charge in [-0.2, -0.15) is 0 Å². The van der Waals surface area contributed by atoms with Crippen LogP contribution in [0, 0.1) is 6.92 Å². The molecule has 2 N–H and O–H groups in total. The zero-order chi connectivity index (χ0) is 14.0. The molecule has 1 unspecified atom stereocenters. The van der Waals surface area contributed by atoms with E-state index in [2.05, 4.69) is 24.2 Å². The van der Waals surface area contributed by atoms with Crippen molar-refractivity contribution >= 4 is 5.97 Å². The molecule has 0 aromatic carbocycles. The number of carboxylic acid groups (broad SMARTS) is 1. The lowest BCUT2D eigenvalue weighted by Gasteiger charge is -2.24. The predicted molar refractivity (Wildman–Crippen MR) is 72.4 cm³/mol. The summed E-state index contributed by atoms with van der Waals surface area (Å²) >= 11 is 0. The Kier molecular flexibility index (Phi) is 4.27. The van der Waals surface area contributed by atoms with Crippen LogP contribution in [-0.4, -0.2) is 41.7 Å². The summed E-state index contributed by atoms with van der Waals surface area (Å²) < 4.78 is 5.30. The highest BCUT2D eigenvalue weighted by Crippen LogP contribution is 2.26. The minimum absolute atomic E-state index is 0.0416. The Labute approximate surface area is 113 Å². The Morgan fingerprint density at radius 3 is 2.84 bits per heavy atom. The maximum absolute atomic E-state index is 10.9. The van der Waals surface area contributed by atoms with Gasteiger partial charge in [-0.3, -0.25) is 4.90 Å². The first-order chi connectivity index (χ1) is 8.99. The topological polar surface area (TPSA) is 65.7 Å². The molecule has 19 heavy (non-hydrogen) atoms. The second kappa shape index (κ2) is 5.75. The van der Waals surface area contributed by atoms with Crippen LogP contribution in [-0.2, 0) is 6.54 Å². The van der Waals surface area contributed by atoms with Gasteiger partial charge in [0.15, 0.2) is 0 Å². The minimum atomic E-state index is -1.01. The van der Waals surface area contributed by atoms with Crippen molar-refractivity contribution in [3.8, 4) is 0 Å². The molecule has 1 aromatic rings. The Balaban J connectivity index is 1.78. The molecular formula is C14H22N2O3. The van der Waals surface area contributed by atoms with Gasteiger partial charge in [0.25, 0.3) is 0 Å². The van der Waals surface area contributed by atoms with Crippen LogP contribution in [0.5, 0.6) is 0 Å².